The average Bonchev–Trinajstić information content (AvgIpc) is 2.42. The van der Waals surface area contributed by atoms with Crippen molar-refractivity contribution >= 4 is 0 Å². The van der Waals surface area contributed by atoms with Crippen molar-refractivity contribution in [2.45, 2.75) is 52.5 Å². The van der Waals surface area contributed by atoms with Crippen LogP contribution in [0.5, 0.6) is 0 Å². The van der Waals surface area contributed by atoms with E-state index in [1.165, 1.54) is 30.4 Å². The lowest BCUT2D eigenvalue weighted by molar-refractivity contribution is 0.0219. The van der Waals surface area contributed by atoms with Crippen molar-refractivity contribution in [1.29, 1.82) is 0 Å². The summed E-state index contributed by atoms with van der Waals surface area (Å²) in [7, 11) is 0. The SMILES string of the molecule is C#CC(c1ccc(C)cc1)(N1CCCCC1)C(C)(C)C. The number of likely N-dealkylation sites (tertiary alicyclic amines) is 1. The lowest BCUT2D eigenvalue weighted by atomic mass is 9.68. The van der Waals surface area contributed by atoms with Gasteiger partial charge in [-0.05, 0) is 43.8 Å². The third kappa shape index (κ3) is 2.50. The van der Waals surface area contributed by atoms with E-state index in [-0.39, 0.29) is 11.0 Å². The van der Waals surface area contributed by atoms with Crippen LogP contribution in [-0.2, 0) is 5.54 Å². The first kappa shape index (κ1) is 15.1. The summed E-state index contributed by atoms with van der Waals surface area (Å²) >= 11 is 0. The molecular weight excluding hydrogens is 242 g/mol. The van der Waals surface area contributed by atoms with Gasteiger partial charge in [-0.15, -0.1) is 6.42 Å². The number of piperidine rings is 1. The zero-order valence-corrected chi connectivity index (χ0v) is 13.4. The molecule has 1 heteroatoms. The minimum absolute atomic E-state index is 0.00828. The fourth-order valence-electron chi connectivity index (χ4n) is 3.51. The van der Waals surface area contributed by atoms with Crippen molar-refractivity contribution in [3.05, 3.63) is 35.4 Å². The van der Waals surface area contributed by atoms with E-state index in [0.29, 0.717) is 0 Å². The Bertz CT molecular complexity index is 480. The molecule has 0 bridgehead atoms. The molecule has 1 aromatic carbocycles. The second-order valence-electron chi connectivity index (χ2n) is 7.02. The molecule has 0 N–H and O–H groups in total. The van der Waals surface area contributed by atoms with Crippen LogP contribution in [0.15, 0.2) is 24.3 Å². The molecule has 1 aliphatic rings. The number of rotatable bonds is 2. The highest BCUT2D eigenvalue weighted by Gasteiger charge is 2.47. The van der Waals surface area contributed by atoms with E-state index < -0.39 is 0 Å². The largest absolute Gasteiger partial charge is 0.283 e. The van der Waals surface area contributed by atoms with E-state index in [1.807, 2.05) is 0 Å². The fraction of sp³-hybridized carbons (Fsp3) is 0.579. The van der Waals surface area contributed by atoms with Gasteiger partial charge >= 0.3 is 0 Å². The maximum atomic E-state index is 6.10. The zero-order valence-electron chi connectivity index (χ0n) is 13.4. The maximum Gasteiger partial charge on any atom is 0.113 e. The Hall–Kier alpha value is -1.26. The highest BCUT2D eigenvalue weighted by Crippen LogP contribution is 2.45. The molecule has 0 amide bonds. The van der Waals surface area contributed by atoms with Crippen LogP contribution in [-0.4, -0.2) is 18.0 Å². The van der Waals surface area contributed by atoms with Crippen LogP contribution in [0.25, 0.3) is 0 Å². The molecule has 1 saturated heterocycles. The van der Waals surface area contributed by atoms with Gasteiger partial charge in [0, 0.05) is 0 Å². The van der Waals surface area contributed by atoms with Crippen molar-refractivity contribution in [2.24, 2.45) is 5.41 Å². The number of aryl methyl sites for hydroxylation is 1. The average molecular weight is 269 g/mol. The minimum Gasteiger partial charge on any atom is -0.283 e. The molecule has 0 radical (unpaired) electrons. The molecule has 1 atom stereocenters. The molecule has 0 aromatic heterocycles. The van der Waals surface area contributed by atoms with E-state index in [2.05, 4.69) is 62.8 Å². The van der Waals surface area contributed by atoms with Crippen molar-refractivity contribution in [1.82, 2.24) is 4.90 Å². The minimum atomic E-state index is -0.304. The third-order valence-electron chi connectivity index (χ3n) is 4.59. The summed E-state index contributed by atoms with van der Waals surface area (Å²) in [6, 6.07) is 8.79. The second kappa shape index (κ2) is 5.62. The summed E-state index contributed by atoms with van der Waals surface area (Å²) in [4.78, 5) is 2.53. The van der Waals surface area contributed by atoms with E-state index in [9.17, 15) is 0 Å². The van der Waals surface area contributed by atoms with Crippen molar-refractivity contribution in [3.63, 3.8) is 0 Å². The first-order valence-corrected chi connectivity index (χ1v) is 7.72. The molecule has 1 heterocycles. The second-order valence-corrected chi connectivity index (χ2v) is 7.02. The highest BCUT2D eigenvalue weighted by molar-refractivity contribution is 5.38. The van der Waals surface area contributed by atoms with Crippen LogP contribution in [0, 0.1) is 24.7 Å². The summed E-state index contributed by atoms with van der Waals surface area (Å²) in [5.74, 6) is 3.19. The lowest BCUT2D eigenvalue weighted by Gasteiger charge is -2.50. The molecule has 0 spiro atoms. The predicted octanol–water partition coefficient (Wildman–Crippen LogP) is 4.36. The molecule has 1 unspecified atom stereocenters. The molecule has 2 rings (SSSR count). The Morgan fingerprint density at radius 1 is 1.00 bits per heavy atom. The van der Waals surface area contributed by atoms with Gasteiger partial charge in [0.1, 0.15) is 5.54 Å². The topological polar surface area (TPSA) is 3.24 Å². The van der Waals surface area contributed by atoms with E-state index in [1.54, 1.807) is 0 Å². The van der Waals surface area contributed by atoms with Gasteiger partial charge in [0.2, 0.25) is 0 Å². The van der Waals surface area contributed by atoms with Gasteiger partial charge in [0.15, 0.2) is 0 Å². The molecule has 1 fully saturated rings. The number of terminal acetylenes is 1. The van der Waals surface area contributed by atoms with Gasteiger partial charge in [-0.25, -0.2) is 0 Å². The quantitative estimate of drug-likeness (QED) is 0.721. The maximum absolute atomic E-state index is 6.10. The molecule has 1 aliphatic heterocycles. The van der Waals surface area contributed by atoms with Crippen LogP contribution >= 0.6 is 0 Å². The van der Waals surface area contributed by atoms with Crippen LogP contribution in [0.2, 0.25) is 0 Å². The van der Waals surface area contributed by atoms with E-state index >= 15 is 0 Å². The van der Waals surface area contributed by atoms with Crippen LogP contribution in [0.3, 0.4) is 0 Å². The van der Waals surface area contributed by atoms with Gasteiger partial charge in [-0.1, -0.05) is 62.9 Å². The molecule has 1 aromatic rings. The number of hydrogen-bond acceptors (Lipinski definition) is 1. The highest BCUT2D eigenvalue weighted by atomic mass is 15.2. The fourth-order valence-corrected chi connectivity index (χ4v) is 3.51. The van der Waals surface area contributed by atoms with Crippen LogP contribution < -0.4 is 0 Å². The summed E-state index contributed by atoms with van der Waals surface area (Å²) in [5, 5.41) is 0. The summed E-state index contributed by atoms with van der Waals surface area (Å²) in [6.45, 7) is 11.1. The smallest absolute Gasteiger partial charge is 0.113 e. The summed E-state index contributed by atoms with van der Waals surface area (Å²) < 4.78 is 0. The standard InChI is InChI=1S/C19H27N/c1-6-19(18(3,4)5,20-14-8-7-9-15-20)17-12-10-16(2)11-13-17/h1,10-13H,7-9,14-15H2,2-5H3. The van der Waals surface area contributed by atoms with E-state index in [0.717, 1.165) is 13.1 Å². The van der Waals surface area contributed by atoms with Gasteiger partial charge in [0.25, 0.3) is 0 Å². The van der Waals surface area contributed by atoms with Crippen molar-refractivity contribution < 1.29 is 0 Å². The molecule has 0 saturated carbocycles. The normalized spacial score (nSPS) is 20.1. The predicted molar refractivity (Wildman–Crippen MR) is 86.6 cm³/mol. The van der Waals surface area contributed by atoms with E-state index in [4.69, 9.17) is 6.42 Å². The molecule has 20 heavy (non-hydrogen) atoms. The first-order valence-electron chi connectivity index (χ1n) is 7.72. The molecule has 108 valence electrons. The lowest BCUT2D eigenvalue weighted by Crippen LogP contribution is -2.55. The Morgan fingerprint density at radius 3 is 2.00 bits per heavy atom. The van der Waals surface area contributed by atoms with Crippen LogP contribution in [0.1, 0.15) is 51.2 Å². The monoisotopic (exact) mass is 269 g/mol. The van der Waals surface area contributed by atoms with Gasteiger partial charge in [-0.3, -0.25) is 4.90 Å². The summed E-state index contributed by atoms with van der Waals surface area (Å²) in [5.41, 5.74) is 2.25. The van der Waals surface area contributed by atoms with Crippen molar-refractivity contribution in [2.75, 3.05) is 13.1 Å². The molecule has 1 nitrogen and oxygen atoms in total. The van der Waals surface area contributed by atoms with Gasteiger partial charge < -0.3 is 0 Å². The summed E-state index contributed by atoms with van der Waals surface area (Å²) in [6.07, 6.45) is 9.94. The first-order chi connectivity index (χ1) is 9.41. The Morgan fingerprint density at radius 2 is 1.55 bits per heavy atom. The van der Waals surface area contributed by atoms with Gasteiger partial charge in [-0.2, -0.15) is 0 Å². The van der Waals surface area contributed by atoms with Crippen LogP contribution in [0.4, 0.5) is 0 Å². The Labute approximate surface area is 124 Å². The Kier molecular flexibility index (Phi) is 4.25. The number of nitrogens with zero attached hydrogens (tertiary/aromatic N) is 1. The number of hydrogen-bond donors (Lipinski definition) is 0. The molecule has 0 aliphatic carbocycles. The van der Waals surface area contributed by atoms with Crippen molar-refractivity contribution in [3.8, 4) is 12.3 Å². The zero-order chi connectivity index (χ0) is 14.8. The molecular formula is C19H27N. The number of benzene rings is 1. The van der Waals surface area contributed by atoms with Gasteiger partial charge in [0.05, 0.1) is 0 Å². The third-order valence-corrected chi connectivity index (χ3v) is 4.59. The Balaban J connectivity index is 2.53.